The van der Waals surface area contributed by atoms with E-state index in [-0.39, 0.29) is 11.9 Å². The number of benzene rings is 2. The van der Waals surface area contributed by atoms with Crippen LogP contribution in [0.2, 0.25) is 0 Å². The molecule has 2 aromatic rings. The topological polar surface area (TPSA) is 12.0 Å². The van der Waals surface area contributed by atoms with Crippen molar-refractivity contribution in [3.63, 3.8) is 0 Å². The Morgan fingerprint density at radius 1 is 1.00 bits per heavy atom. The maximum Gasteiger partial charge on any atom is 0.159 e. The molecule has 20 heavy (non-hydrogen) atoms. The van der Waals surface area contributed by atoms with Crippen molar-refractivity contribution in [3.05, 3.63) is 70.5 Å². The van der Waals surface area contributed by atoms with Crippen LogP contribution in [0.1, 0.15) is 22.7 Å². The Morgan fingerprint density at radius 3 is 2.40 bits per heavy atom. The van der Waals surface area contributed by atoms with E-state index in [0.717, 1.165) is 17.2 Å². The minimum absolute atomic E-state index is 0.203. The van der Waals surface area contributed by atoms with Crippen LogP contribution in [0.15, 0.2) is 36.4 Å². The Labute approximate surface area is 116 Å². The summed E-state index contributed by atoms with van der Waals surface area (Å²) in [6.07, 6.45) is 0.505. The summed E-state index contributed by atoms with van der Waals surface area (Å²) in [5.41, 5.74) is 2.44. The SMILES string of the molecule is CNC(Cc1cc(F)ccc1C)c1ccc(F)c(F)c1. The van der Waals surface area contributed by atoms with Crippen molar-refractivity contribution >= 4 is 0 Å². The molecule has 0 radical (unpaired) electrons. The molecule has 0 saturated heterocycles. The van der Waals surface area contributed by atoms with Crippen LogP contribution < -0.4 is 5.32 Å². The molecule has 1 unspecified atom stereocenters. The van der Waals surface area contributed by atoms with E-state index in [1.54, 1.807) is 13.1 Å². The van der Waals surface area contributed by atoms with Crippen molar-refractivity contribution in [1.29, 1.82) is 0 Å². The molecular formula is C16H16F3N. The highest BCUT2D eigenvalue weighted by Gasteiger charge is 2.14. The van der Waals surface area contributed by atoms with E-state index in [1.807, 2.05) is 6.92 Å². The van der Waals surface area contributed by atoms with Crippen LogP contribution in [0.25, 0.3) is 0 Å². The fraction of sp³-hybridized carbons (Fsp3) is 0.250. The third-order valence-corrected chi connectivity index (χ3v) is 3.43. The first-order valence-corrected chi connectivity index (χ1v) is 6.38. The molecule has 0 amide bonds. The molecule has 4 heteroatoms. The molecule has 0 bridgehead atoms. The zero-order valence-electron chi connectivity index (χ0n) is 11.4. The quantitative estimate of drug-likeness (QED) is 0.894. The third-order valence-electron chi connectivity index (χ3n) is 3.43. The van der Waals surface area contributed by atoms with Crippen LogP contribution in [0.4, 0.5) is 13.2 Å². The Bertz CT molecular complexity index is 611. The molecule has 2 rings (SSSR count). The lowest BCUT2D eigenvalue weighted by Crippen LogP contribution is -2.19. The fourth-order valence-electron chi connectivity index (χ4n) is 2.20. The van der Waals surface area contributed by atoms with Crippen molar-refractivity contribution in [1.82, 2.24) is 5.32 Å². The van der Waals surface area contributed by atoms with Gasteiger partial charge in [-0.05, 0) is 61.3 Å². The first kappa shape index (κ1) is 14.6. The molecule has 0 aliphatic carbocycles. The number of rotatable bonds is 4. The maximum absolute atomic E-state index is 13.3. The Hall–Kier alpha value is -1.81. The smallest absolute Gasteiger partial charge is 0.159 e. The van der Waals surface area contributed by atoms with Crippen molar-refractivity contribution in [2.24, 2.45) is 0 Å². The van der Waals surface area contributed by atoms with Gasteiger partial charge in [-0.3, -0.25) is 0 Å². The average molecular weight is 279 g/mol. The molecule has 106 valence electrons. The van der Waals surface area contributed by atoms with Gasteiger partial charge < -0.3 is 5.32 Å². The highest BCUT2D eigenvalue weighted by molar-refractivity contribution is 5.30. The summed E-state index contributed by atoms with van der Waals surface area (Å²) in [5, 5.41) is 3.05. The van der Waals surface area contributed by atoms with Gasteiger partial charge in [0.25, 0.3) is 0 Å². The lowest BCUT2D eigenvalue weighted by Gasteiger charge is -2.18. The van der Waals surface area contributed by atoms with Gasteiger partial charge in [0.1, 0.15) is 5.82 Å². The van der Waals surface area contributed by atoms with Gasteiger partial charge in [0.2, 0.25) is 0 Å². The summed E-state index contributed by atoms with van der Waals surface area (Å²) < 4.78 is 39.6. The van der Waals surface area contributed by atoms with Gasteiger partial charge in [0, 0.05) is 6.04 Å². The summed E-state index contributed by atoms with van der Waals surface area (Å²) in [7, 11) is 1.74. The lowest BCUT2D eigenvalue weighted by molar-refractivity contribution is 0.501. The summed E-state index contributed by atoms with van der Waals surface area (Å²) >= 11 is 0. The number of likely N-dealkylation sites (N-methyl/N-ethyl adjacent to an activating group) is 1. The van der Waals surface area contributed by atoms with E-state index in [1.165, 1.54) is 24.3 Å². The third kappa shape index (κ3) is 3.20. The largest absolute Gasteiger partial charge is 0.313 e. The molecule has 0 aliphatic rings. The molecule has 0 aliphatic heterocycles. The maximum atomic E-state index is 13.3. The number of hydrogen-bond donors (Lipinski definition) is 1. The van der Waals surface area contributed by atoms with Gasteiger partial charge in [-0.1, -0.05) is 12.1 Å². The monoisotopic (exact) mass is 279 g/mol. The first-order chi connectivity index (χ1) is 9.51. The van der Waals surface area contributed by atoms with Crippen LogP contribution in [0.5, 0.6) is 0 Å². The summed E-state index contributed by atoms with van der Waals surface area (Å²) in [5.74, 6) is -2.05. The zero-order chi connectivity index (χ0) is 14.7. The fourth-order valence-corrected chi connectivity index (χ4v) is 2.20. The molecule has 1 nitrogen and oxygen atoms in total. The first-order valence-electron chi connectivity index (χ1n) is 6.38. The van der Waals surface area contributed by atoms with Gasteiger partial charge in [-0.25, -0.2) is 13.2 Å². The number of halogens is 3. The zero-order valence-corrected chi connectivity index (χ0v) is 11.4. The van der Waals surface area contributed by atoms with Crippen LogP contribution in [0.3, 0.4) is 0 Å². The van der Waals surface area contributed by atoms with Crippen molar-refractivity contribution in [3.8, 4) is 0 Å². The van der Waals surface area contributed by atoms with Crippen LogP contribution >= 0.6 is 0 Å². The molecular weight excluding hydrogens is 263 g/mol. The molecule has 1 atom stereocenters. The minimum Gasteiger partial charge on any atom is -0.313 e. The second-order valence-corrected chi connectivity index (χ2v) is 4.79. The highest BCUT2D eigenvalue weighted by Crippen LogP contribution is 2.22. The average Bonchev–Trinajstić information content (AvgIpc) is 2.43. The van der Waals surface area contributed by atoms with Crippen molar-refractivity contribution in [2.45, 2.75) is 19.4 Å². The van der Waals surface area contributed by atoms with Crippen LogP contribution in [-0.4, -0.2) is 7.05 Å². The van der Waals surface area contributed by atoms with E-state index in [2.05, 4.69) is 5.32 Å². The molecule has 0 spiro atoms. The second-order valence-electron chi connectivity index (χ2n) is 4.79. The van der Waals surface area contributed by atoms with E-state index in [0.29, 0.717) is 12.0 Å². The summed E-state index contributed by atoms with van der Waals surface area (Å²) in [4.78, 5) is 0. The predicted molar refractivity (Wildman–Crippen MR) is 73.0 cm³/mol. The van der Waals surface area contributed by atoms with Crippen LogP contribution in [0, 0.1) is 24.4 Å². The minimum atomic E-state index is -0.876. The van der Waals surface area contributed by atoms with Gasteiger partial charge in [0.15, 0.2) is 11.6 Å². The molecule has 0 fully saturated rings. The van der Waals surface area contributed by atoms with Crippen molar-refractivity contribution < 1.29 is 13.2 Å². The van der Waals surface area contributed by atoms with Gasteiger partial charge in [0.05, 0.1) is 0 Å². The standard InChI is InChI=1S/C16H16F3N/c1-10-3-5-13(17)7-12(10)9-16(20-2)11-4-6-14(18)15(19)8-11/h3-8,16,20H,9H2,1-2H3. The highest BCUT2D eigenvalue weighted by atomic mass is 19.2. The van der Waals surface area contributed by atoms with E-state index in [4.69, 9.17) is 0 Å². The van der Waals surface area contributed by atoms with E-state index in [9.17, 15) is 13.2 Å². The van der Waals surface area contributed by atoms with E-state index < -0.39 is 11.6 Å². The predicted octanol–water partition coefficient (Wildman–Crippen LogP) is 3.92. The molecule has 0 saturated carbocycles. The number of aryl methyl sites for hydroxylation is 1. The molecule has 0 heterocycles. The summed E-state index contributed by atoms with van der Waals surface area (Å²) in [6.45, 7) is 1.90. The van der Waals surface area contributed by atoms with E-state index >= 15 is 0 Å². The Balaban J connectivity index is 2.28. The van der Waals surface area contributed by atoms with Gasteiger partial charge in [-0.2, -0.15) is 0 Å². The Morgan fingerprint density at radius 2 is 1.75 bits per heavy atom. The molecule has 1 N–H and O–H groups in total. The lowest BCUT2D eigenvalue weighted by atomic mass is 9.96. The molecule has 2 aromatic carbocycles. The van der Waals surface area contributed by atoms with Gasteiger partial charge in [-0.15, -0.1) is 0 Å². The second kappa shape index (κ2) is 6.09. The molecule has 0 aromatic heterocycles. The summed E-state index contributed by atoms with van der Waals surface area (Å²) in [6, 6.07) is 8.20. The number of nitrogens with one attached hydrogen (secondary N) is 1. The van der Waals surface area contributed by atoms with Crippen LogP contribution in [-0.2, 0) is 6.42 Å². The Kier molecular flexibility index (Phi) is 4.45. The number of hydrogen-bond acceptors (Lipinski definition) is 1. The van der Waals surface area contributed by atoms with Gasteiger partial charge >= 0.3 is 0 Å². The normalized spacial score (nSPS) is 12.4. The van der Waals surface area contributed by atoms with Crippen molar-refractivity contribution in [2.75, 3.05) is 7.05 Å².